The Morgan fingerprint density at radius 3 is 2.68 bits per heavy atom. The van der Waals surface area contributed by atoms with E-state index in [0.717, 1.165) is 42.7 Å². The van der Waals surface area contributed by atoms with Crippen LogP contribution in [0.5, 0.6) is 11.5 Å². The topological polar surface area (TPSA) is 83.4 Å². The molecule has 0 atom stereocenters. The molecule has 2 N–H and O–H groups in total. The summed E-state index contributed by atoms with van der Waals surface area (Å²) in [6.07, 6.45) is 4.53. The molecule has 1 aromatic carbocycles. The Morgan fingerprint density at radius 2 is 1.91 bits per heavy atom. The number of hydrogen-bond acceptors (Lipinski definition) is 6. The molecule has 22 heavy (non-hydrogen) atoms. The maximum atomic E-state index is 6.21. The van der Waals surface area contributed by atoms with Crippen LogP contribution in [0.2, 0.25) is 0 Å². The molecule has 4 rings (SSSR count). The average molecular weight is 301 g/mol. The van der Waals surface area contributed by atoms with Crippen molar-refractivity contribution >= 4 is 0 Å². The highest BCUT2D eigenvalue weighted by Gasteiger charge is 2.38. The van der Waals surface area contributed by atoms with E-state index in [1.165, 1.54) is 0 Å². The van der Waals surface area contributed by atoms with Crippen molar-refractivity contribution in [3.8, 4) is 11.5 Å². The van der Waals surface area contributed by atoms with Crippen molar-refractivity contribution < 1.29 is 14.0 Å². The zero-order chi connectivity index (χ0) is 15.0. The van der Waals surface area contributed by atoms with Gasteiger partial charge in [0.15, 0.2) is 17.3 Å². The highest BCUT2D eigenvalue weighted by molar-refractivity contribution is 5.43. The molecule has 0 unspecified atom stereocenters. The zero-order valence-corrected chi connectivity index (χ0v) is 12.4. The molecule has 2 aliphatic rings. The van der Waals surface area contributed by atoms with Crippen LogP contribution in [0.3, 0.4) is 0 Å². The van der Waals surface area contributed by atoms with E-state index in [-0.39, 0.29) is 5.54 Å². The Morgan fingerprint density at radius 1 is 1.09 bits per heavy atom. The Kier molecular flexibility index (Phi) is 3.26. The summed E-state index contributed by atoms with van der Waals surface area (Å²) in [4.78, 5) is 4.45. The maximum Gasteiger partial charge on any atom is 0.227 e. The van der Waals surface area contributed by atoms with Crippen molar-refractivity contribution in [3.63, 3.8) is 0 Å². The first-order valence-electron chi connectivity index (χ1n) is 7.73. The molecule has 2 aromatic rings. The third kappa shape index (κ3) is 2.43. The minimum absolute atomic E-state index is 0.362. The van der Waals surface area contributed by atoms with E-state index >= 15 is 0 Å². The fraction of sp³-hybridized carbons (Fsp3) is 0.500. The van der Waals surface area contributed by atoms with E-state index in [1.807, 2.05) is 18.2 Å². The van der Waals surface area contributed by atoms with Crippen LogP contribution in [-0.4, -0.2) is 23.4 Å². The van der Waals surface area contributed by atoms with Gasteiger partial charge in [-0.1, -0.05) is 11.2 Å². The van der Waals surface area contributed by atoms with Gasteiger partial charge in [-0.3, -0.25) is 0 Å². The van der Waals surface area contributed by atoms with Gasteiger partial charge < -0.3 is 19.7 Å². The Bertz CT molecular complexity index is 679. The molecule has 0 saturated heterocycles. The lowest BCUT2D eigenvalue weighted by molar-refractivity contribution is 0.171. The van der Waals surface area contributed by atoms with Crippen molar-refractivity contribution in [2.45, 2.75) is 37.6 Å². The second-order valence-electron chi connectivity index (χ2n) is 6.00. The maximum absolute atomic E-state index is 6.21. The predicted molar refractivity (Wildman–Crippen MR) is 78.9 cm³/mol. The van der Waals surface area contributed by atoms with Crippen LogP contribution in [0.1, 0.15) is 36.5 Å². The molecule has 0 spiro atoms. The number of benzene rings is 1. The Hall–Kier alpha value is -2.08. The summed E-state index contributed by atoms with van der Waals surface area (Å²) in [5.74, 6) is 2.91. The van der Waals surface area contributed by atoms with Gasteiger partial charge in [0.25, 0.3) is 0 Å². The minimum Gasteiger partial charge on any atom is -0.486 e. The smallest absolute Gasteiger partial charge is 0.227 e. The van der Waals surface area contributed by atoms with Crippen LogP contribution in [0.4, 0.5) is 0 Å². The monoisotopic (exact) mass is 301 g/mol. The molecule has 1 aromatic heterocycles. The summed E-state index contributed by atoms with van der Waals surface area (Å²) in [6.45, 7) is 1.21. The molecular weight excluding hydrogens is 282 g/mol. The van der Waals surface area contributed by atoms with Crippen LogP contribution in [0.25, 0.3) is 0 Å². The van der Waals surface area contributed by atoms with Crippen LogP contribution in [0, 0.1) is 0 Å². The predicted octanol–water partition coefficient (Wildman–Crippen LogP) is 1.96. The highest BCUT2D eigenvalue weighted by atomic mass is 16.6. The third-order valence-electron chi connectivity index (χ3n) is 4.39. The number of rotatable bonds is 4. The van der Waals surface area contributed by atoms with E-state index in [0.29, 0.717) is 31.3 Å². The summed E-state index contributed by atoms with van der Waals surface area (Å²) in [5.41, 5.74) is 7.01. The minimum atomic E-state index is -0.362. The molecule has 1 aliphatic carbocycles. The van der Waals surface area contributed by atoms with Gasteiger partial charge in [-0.2, -0.15) is 4.98 Å². The second kappa shape index (κ2) is 5.28. The van der Waals surface area contributed by atoms with Crippen LogP contribution in [0.15, 0.2) is 22.7 Å². The fourth-order valence-electron chi connectivity index (χ4n) is 2.83. The third-order valence-corrected chi connectivity index (χ3v) is 4.39. The number of fused-ring (bicyclic) bond motifs is 1. The molecule has 1 saturated carbocycles. The van der Waals surface area contributed by atoms with Crippen molar-refractivity contribution in [2.24, 2.45) is 5.73 Å². The number of aromatic nitrogens is 2. The Balaban J connectivity index is 1.42. The van der Waals surface area contributed by atoms with Crippen LogP contribution < -0.4 is 15.2 Å². The summed E-state index contributed by atoms with van der Waals surface area (Å²) < 4.78 is 16.4. The SMILES string of the molecule is NC1(c2noc(CCc3ccc4c(c3)OCCO4)n2)CCC1. The Labute approximate surface area is 128 Å². The zero-order valence-electron chi connectivity index (χ0n) is 12.4. The summed E-state index contributed by atoms with van der Waals surface area (Å²) in [6, 6.07) is 6.01. The van der Waals surface area contributed by atoms with Crippen LogP contribution >= 0.6 is 0 Å². The first-order valence-corrected chi connectivity index (χ1v) is 7.73. The van der Waals surface area contributed by atoms with E-state index in [4.69, 9.17) is 19.7 Å². The molecule has 2 heterocycles. The number of aryl methyl sites for hydroxylation is 2. The van der Waals surface area contributed by atoms with Crippen molar-refractivity contribution in [1.82, 2.24) is 10.1 Å². The molecular formula is C16H19N3O3. The van der Waals surface area contributed by atoms with Crippen molar-refractivity contribution in [1.29, 1.82) is 0 Å². The standard InChI is InChI=1S/C16H19N3O3/c17-16(6-1-7-16)15-18-14(22-19-15)5-3-11-2-4-12-13(10-11)21-9-8-20-12/h2,4,10H,1,3,5-9,17H2. The summed E-state index contributed by atoms with van der Waals surface area (Å²) in [5, 5.41) is 4.04. The highest BCUT2D eigenvalue weighted by Crippen LogP contribution is 2.37. The molecule has 1 fully saturated rings. The number of ether oxygens (including phenoxy) is 2. The molecule has 0 radical (unpaired) electrons. The van der Waals surface area contributed by atoms with E-state index < -0.39 is 0 Å². The van der Waals surface area contributed by atoms with Crippen LogP contribution in [-0.2, 0) is 18.4 Å². The van der Waals surface area contributed by atoms with Gasteiger partial charge in [-0.05, 0) is 43.4 Å². The van der Waals surface area contributed by atoms with Gasteiger partial charge in [0.05, 0.1) is 5.54 Å². The molecule has 1 aliphatic heterocycles. The lowest BCUT2D eigenvalue weighted by Crippen LogP contribution is -2.44. The molecule has 0 bridgehead atoms. The number of nitrogens with two attached hydrogens (primary N) is 1. The molecule has 0 amide bonds. The van der Waals surface area contributed by atoms with Gasteiger partial charge in [-0.15, -0.1) is 0 Å². The van der Waals surface area contributed by atoms with Gasteiger partial charge in [-0.25, -0.2) is 0 Å². The second-order valence-corrected chi connectivity index (χ2v) is 6.00. The quantitative estimate of drug-likeness (QED) is 0.929. The summed E-state index contributed by atoms with van der Waals surface area (Å²) in [7, 11) is 0. The van der Waals surface area contributed by atoms with E-state index in [1.54, 1.807) is 0 Å². The normalized spacial score (nSPS) is 18.8. The first-order chi connectivity index (χ1) is 10.7. The molecule has 6 heteroatoms. The van der Waals surface area contributed by atoms with E-state index in [9.17, 15) is 0 Å². The average Bonchev–Trinajstić information content (AvgIpc) is 3.00. The van der Waals surface area contributed by atoms with Gasteiger partial charge in [0, 0.05) is 6.42 Å². The van der Waals surface area contributed by atoms with Gasteiger partial charge in [0.1, 0.15) is 13.2 Å². The molecule has 6 nitrogen and oxygen atoms in total. The lowest BCUT2D eigenvalue weighted by atomic mass is 9.77. The number of hydrogen-bond donors (Lipinski definition) is 1. The lowest BCUT2D eigenvalue weighted by Gasteiger charge is -2.34. The van der Waals surface area contributed by atoms with Gasteiger partial charge in [0.2, 0.25) is 5.89 Å². The van der Waals surface area contributed by atoms with Crippen molar-refractivity contribution in [2.75, 3.05) is 13.2 Å². The van der Waals surface area contributed by atoms with Gasteiger partial charge >= 0.3 is 0 Å². The van der Waals surface area contributed by atoms with Crippen molar-refractivity contribution in [3.05, 3.63) is 35.5 Å². The fourth-order valence-corrected chi connectivity index (χ4v) is 2.83. The number of nitrogens with zero attached hydrogens (tertiary/aromatic N) is 2. The van der Waals surface area contributed by atoms with E-state index in [2.05, 4.69) is 10.1 Å². The largest absolute Gasteiger partial charge is 0.486 e. The first kappa shape index (κ1) is 13.6. The summed E-state index contributed by atoms with van der Waals surface area (Å²) >= 11 is 0. The molecule has 116 valence electrons.